The van der Waals surface area contributed by atoms with E-state index >= 15 is 0 Å². The van der Waals surface area contributed by atoms with E-state index in [9.17, 15) is 0 Å². The van der Waals surface area contributed by atoms with Gasteiger partial charge in [-0.05, 0) is 18.6 Å². The van der Waals surface area contributed by atoms with Crippen molar-refractivity contribution in [2.75, 3.05) is 18.2 Å². The first-order valence-corrected chi connectivity index (χ1v) is 6.84. The van der Waals surface area contributed by atoms with E-state index in [0.29, 0.717) is 12.0 Å². The summed E-state index contributed by atoms with van der Waals surface area (Å²) in [6.07, 6.45) is 1.26. The third-order valence-electron chi connectivity index (χ3n) is 4.39. The van der Waals surface area contributed by atoms with Crippen LogP contribution >= 0.6 is 0 Å². The van der Waals surface area contributed by atoms with E-state index in [1.165, 1.54) is 0 Å². The van der Waals surface area contributed by atoms with E-state index in [2.05, 4.69) is 29.1 Å². The van der Waals surface area contributed by atoms with E-state index in [-0.39, 0.29) is 11.5 Å². The quantitative estimate of drug-likeness (QED) is 0.897. The molecule has 2 aromatic rings. The Balaban J connectivity index is 1.92. The van der Waals surface area contributed by atoms with Crippen LogP contribution in [0, 0.1) is 5.41 Å². The smallest absolute Gasteiger partial charge is 0.222 e. The lowest BCUT2D eigenvalue weighted by Gasteiger charge is -2.51. The van der Waals surface area contributed by atoms with Gasteiger partial charge in [-0.2, -0.15) is 4.98 Å². The van der Waals surface area contributed by atoms with Crippen molar-refractivity contribution in [3.05, 3.63) is 24.3 Å². The lowest BCUT2D eigenvalue weighted by atomic mass is 9.64. The second kappa shape index (κ2) is 4.59. The van der Waals surface area contributed by atoms with Gasteiger partial charge in [0.15, 0.2) is 0 Å². The number of methoxy groups -OCH3 is 1. The summed E-state index contributed by atoms with van der Waals surface area (Å²) in [6, 6.07) is 8.22. The molecular weight excluding hydrogens is 252 g/mol. The van der Waals surface area contributed by atoms with Crippen LogP contribution in [0.5, 0.6) is 0 Å². The number of rotatable bonds is 3. The van der Waals surface area contributed by atoms with Crippen LogP contribution in [-0.2, 0) is 4.74 Å². The Morgan fingerprint density at radius 2 is 2.05 bits per heavy atom. The monoisotopic (exact) mass is 272 g/mol. The maximum Gasteiger partial charge on any atom is 0.222 e. The van der Waals surface area contributed by atoms with E-state index < -0.39 is 0 Å². The van der Waals surface area contributed by atoms with Gasteiger partial charge in [-0.15, -0.1) is 0 Å². The van der Waals surface area contributed by atoms with Crippen LogP contribution in [0.25, 0.3) is 10.9 Å². The number of nitrogen functional groups attached to an aromatic ring is 1. The molecule has 5 nitrogen and oxygen atoms in total. The summed E-state index contributed by atoms with van der Waals surface area (Å²) in [7, 11) is 1.76. The number of nitrogens with one attached hydrogen (secondary N) is 1. The minimum Gasteiger partial charge on any atom is -0.381 e. The molecule has 2 unspecified atom stereocenters. The zero-order valence-electron chi connectivity index (χ0n) is 12.1. The number of anilines is 2. The van der Waals surface area contributed by atoms with Crippen molar-refractivity contribution in [1.82, 2.24) is 9.97 Å². The molecule has 3 N–H and O–H groups in total. The molecule has 106 valence electrons. The number of ether oxygens (including phenoxy) is 1. The van der Waals surface area contributed by atoms with Gasteiger partial charge < -0.3 is 15.8 Å². The zero-order chi connectivity index (χ0) is 14.3. The molecule has 0 saturated heterocycles. The van der Waals surface area contributed by atoms with Gasteiger partial charge in [0.1, 0.15) is 5.82 Å². The van der Waals surface area contributed by atoms with Gasteiger partial charge in [0.05, 0.1) is 11.6 Å². The molecule has 1 saturated carbocycles. The molecule has 2 atom stereocenters. The number of hydrogen-bond acceptors (Lipinski definition) is 5. The highest BCUT2D eigenvalue weighted by Gasteiger charge is 2.48. The Morgan fingerprint density at radius 3 is 2.75 bits per heavy atom. The van der Waals surface area contributed by atoms with E-state index in [1.54, 1.807) is 7.11 Å². The Hall–Kier alpha value is -1.88. The summed E-state index contributed by atoms with van der Waals surface area (Å²) in [6.45, 7) is 4.41. The third kappa shape index (κ3) is 1.98. The highest BCUT2D eigenvalue weighted by Crippen LogP contribution is 2.44. The number of hydrogen-bond donors (Lipinski definition) is 2. The summed E-state index contributed by atoms with van der Waals surface area (Å²) < 4.78 is 5.48. The van der Waals surface area contributed by atoms with Crippen molar-refractivity contribution in [3.8, 4) is 0 Å². The predicted octanol–water partition coefficient (Wildman–Crippen LogP) is 2.44. The number of para-hydroxylation sites is 1. The van der Waals surface area contributed by atoms with Gasteiger partial charge in [-0.1, -0.05) is 26.0 Å². The maximum atomic E-state index is 5.79. The molecule has 20 heavy (non-hydrogen) atoms. The van der Waals surface area contributed by atoms with Crippen molar-refractivity contribution >= 4 is 22.7 Å². The molecule has 1 fully saturated rings. The van der Waals surface area contributed by atoms with E-state index in [0.717, 1.165) is 23.1 Å². The minimum absolute atomic E-state index is 0.0789. The van der Waals surface area contributed by atoms with Crippen molar-refractivity contribution in [2.24, 2.45) is 5.41 Å². The first-order chi connectivity index (χ1) is 9.52. The second-order valence-corrected chi connectivity index (χ2v) is 5.93. The van der Waals surface area contributed by atoms with Gasteiger partial charge >= 0.3 is 0 Å². The van der Waals surface area contributed by atoms with Gasteiger partial charge in [-0.25, -0.2) is 4.98 Å². The van der Waals surface area contributed by atoms with E-state index in [4.69, 9.17) is 10.5 Å². The third-order valence-corrected chi connectivity index (χ3v) is 4.39. The van der Waals surface area contributed by atoms with Crippen molar-refractivity contribution in [2.45, 2.75) is 32.4 Å². The van der Waals surface area contributed by atoms with Crippen molar-refractivity contribution in [1.29, 1.82) is 0 Å². The standard InChI is InChI=1S/C15H20N4O/c1-15(2)11(8-12(15)20-3)18-13-9-6-4-5-7-10(9)17-14(16)19-13/h4-7,11-12H,8H2,1-3H3,(H3,16,17,18,19). The molecule has 1 heterocycles. The summed E-state index contributed by atoms with van der Waals surface area (Å²) >= 11 is 0. The Labute approximate surface area is 118 Å². The molecule has 3 rings (SSSR count). The van der Waals surface area contributed by atoms with Crippen molar-refractivity contribution in [3.63, 3.8) is 0 Å². The molecule has 1 aliphatic rings. The molecule has 0 aliphatic heterocycles. The van der Waals surface area contributed by atoms with Crippen LogP contribution < -0.4 is 11.1 Å². The molecule has 1 aliphatic carbocycles. The molecular formula is C15H20N4O. The molecule has 0 amide bonds. The summed E-state index contributed by atoms with van der Waals surface area (Å²) in [5.41, 5.74) is 6.74. The first kappa shape index (κ1) is 13.1. The van der Waals surface area contributed by atoms with Gasteiger partial charge in [0.25, 0.3) is 0 Å². The lowest BCUT2D eigenvalue weighted by Crippen LogP contribution is -2.57. The highest BCUT2D eigenvalue weighted by atomic mass is 16.5. The fourth-order valence-corrected chi connectivity index (χ4v) is 2.90. The average molecular weight is 272 g/mol. The summed E-state index contributed by atoms with van der Waals surface area (Å²) in [5.74, 6) is 1.10. The van der Waals surface area contributed by atoms with E-state index in [1.807, 2.05) is 24.3 Å². The number of nitrogens with zero attached hydrogens (tertiary/aromatic N) is 2. The Morgan fingerprint density at radius 1 is 1.30 bits per heavy atom. The number of benzene rings is 1. The van der Waals surface area contributed by atoms with Crippen LogP contribution in [-0.4, -0.2) is 29.2 Å². The largest absolute Gasteiger partial charge is 0.381 e. The average Bonchev–Trinajstić information content (AvgIpc) is 2.42. The molecule has 0 bridgehead atoms. The summed E-state index contributed by atoms with van der Waals surface area (Å²) in [4.78, 5) is 8.61. The van der Waals surface area contributed by atoms with Crippen LogP contribution in [0.15, 0.2) is 24.3 Å². The molecule has 1 aromatic carbocycles. The van der Waals surface area contributed by atoms with Crippen LogP contribution in [0.3, 0.4) is 0 Å². The first-order valence-electron chi connectivity index (χ1n) is 6.84. The molecule has 0 radical (unpaired) electrons. The highest BCUT2D eigenvalue weighted by molar-refractivity contribution is 5.90. The minimum atomic E-state index is 0.0789. The van der Waals surface area contributed by atoms with Gasteiger partial charge in [-0.3, -0.25) is 0 Å². The number of fused-ring (bicyclic) bond motifs is 1. The molecule has 0 spiro atoms. The fourth-order valence-electron chi connectivity index (χ4n) is 2.90. The normalized spacial score (nSPS) is 24.4. The van der Waals surface area contributed by atoms with Gasteiger partial charge in [0.2, 0.25) is 5.95 Å². The molecule has 1 aromatic heterocycles. The Bertz CT molecular complexity index is 641. The summed E-state index contributed by atoms with van der Waals surface area (Å²) in [5, 5.41) is 4.50. The SMILES string of the molecule is COC1CC(Nc2nc(N)nc3ccccc23)C1(C)C. The van der Waals surface area contributed by atoms with Crippen molar-refractivity contribution < 1.29 is 4.74 Å². The van der Waals surface area contributed by atoms with Crippen LogP contribution in [0.4, 0.5) is 11.8 Å². The van der Waals surface area contributed by atoms with Crippen LogP contribution in [0.1, 0.15) is 20.3 Å². The second-order valence-electron chi connectivity index (χ2n) is 5.93. The van der Waals surface area contributed by atoms with Crippen LogP contribution in [0.2, 0.25) is 0 Å². The molecule has 5 heteroatoms. The number of aromatic nitrogens is 2. The lowest BCUT2D eigenvalue weighted by molar-refractivity contribution is -0.0795. The Kier molecular flexibility index (Phi) is 3.01. The number of nitrogens with two attached hydrogens (primary N) is 1. The van der Waals surface area contributed by atoms with Gasteiger partial charge in [0, 0.05) is 24.0 Å². The maximum absolute atomic E-state index is 5.79. The zero-order valence-corrected chi connectivity index (χ0v) is 12.1. The fraction of sp³-hybridized carbons (Fsp3) is 0.467. The topological polar surface area (TPSA) is 73.1 Å². The predicted molar refractivity (Wildman–Crippen MR) is 80.6 cm³/mol.